The van der Waals surface area contributed by atoms with Gasteiger partial charge in [-0.25, -0.2) is 9.78 Å². The number of nitrogens with zero attached hydrogens (tertiary/aromatic N) is 4. The van der Waals surface area contributed by atoms with E-state index in [9.17, 15) is 4.79 Å². The molecule has 0 aliphatic rings. The second-order valence-electron chi connectivity index (χ2n) is 9.51. The maximum Gasteiger partial charge on any atom is 0.354 e. The van der Waals surface area contributed by atoms with Crippen molar-refractivity contribution in [2.75, 3.05) is 0 Å². The molecule has 0 bridgehead atoms. The van der Waals surface area contributed by atoms with E-state index in [2.05, 4.69) is 116 Å². The van der Waals surface area contributed by atoms with Crippen molar-refractivity contribution in [3.05, 3.63) is 119 Å². The van der Waals surface area contributed by atoms with E-state index in [1.54, 1.807) is 6.07 Å². The number of hydrogen-bond donors (Lipinski definition) is 1. The minimum Gasteiger partial charge on any atom is -0.477 e. The van der Waals surface area contributed by atoms with Crippen molar-refractivity contribution in [3.63, 3.8) is 0 Å². The number of carbonyl (C=O) groups is 1. The normalized spacial score (nSPS) is 10.7. The van der Waals surface area contributed by atoms with Crippen molar-refractivity contribution in [3.8, 4) is 17.1 Å². The molecule has 3 heterocycles. The number of para-hydroxylation sites is 2. The first kappa shape index (κ1) is 29.3. The van der Waals surface area contributed by atoms with E-state index in [4.69, 9.17) is 5.11 Å². The van der Waals surface area contributed by atoms with Crippen LogP contribution in [0.15, 0.2) is 102 Å². The summed E-state index contributed by atoms with van der Waals surface area (Å²) in [5.41, 5.74) is 5.62. The molecular formula is C32H26BrIrN4O2-. The van der Waals surface area contributed by atoms with Crippen LogP contribution < -0.4 is 0 Å². The zero-order valence-electron chi connectivity index (χ0n) is 21.9. The van der Waals surface area contributed by atoms with E-state index in [1.165, 1.54) is 34.1 Å². The van der Waals surface area contributed by atoms with Crippen LogP contribution in [0.3, 0.4) is 0 Å². The monoisotopic (exact) mass is 770 g/mol. The number of fused-ring (bicyclic) bond motifs is 3. The molecule has 8 heteroatoms. The van der Waals surface area contributed by atoms with Gasteiger partial charge in [-0.15, -0.1) is 23.8 Å². The molecule has 1 N–H and O–H groups in total. The first-order valence-electron chi connectivity index (χ1n) is 12.6. The Kier molecular flexibility index (Phi) is 9.58. The van der Waals surface area contributed by atoms with Gasteiger partial charge in [0.25, 0.3) is 0 Å². The summed E-state index contributed by atoms with van der Waals surface area (Å²) in [6.07, 6.45) is 6.32. The Balaban J connectivity index is 0.000000287. The quantitative estimate of drug-likeness (QED) is 0.181. The summed E-state index contributed by atoms with van der Waals surface area (Å²) >= 11 is 3.14. The van der Waals surface area contributed by atoms with Crippen LogP contribution in [0.1, 0.15) is 29.9 Å². The molecule has 0 aliphatic heterocycles. The predicted octanol–water partition coefficient (Wildman–Crippen LogP) is 7.78. The molecule has 0 aliphatic carbocycles. The average Bonchev–Trinajstić information content (AvgIpc) is 3.28. The largest absolute Gasteiger partial charge is 0.477 e. The molecule has 40 heavy (non-hydrogen) atoms. The van der Waals surface area contributed by atoms with Gasteiger partial charge in [0.1, 0.15) is 5.69 Å². The van der Waals surface area contributed by atoms with Crippen LogP contribution in [0.2, 0.25) is 0 Å². The number of carboxylic acid groups (broad SMARTS) is 1. The molecule has 1 radical (unpaired) electrons. The summed E-state index contributed by atoms with van der Waals surface area (Å²) in [7, 11) is 0. The second-order valence-corrected chi connectivity index (χ2v) is 10.4. The Labute approximate surface area is 254 Å². The SMILES string of the molecule is CC(C)Cc1cnc(-c2[c-]cc3c(c2)c2ccccc2n3-c2ccccc2)nc1.O=C(O)c1ccc(Br)cn1.[Ir]. The van der Waals surface area contributed by atoms with Crippen molar-refractivity contribution in [2.24, 2.45) is 5.92 Å². The summed E-state index contributed by atoms with van der Waals surface area (Å²) in [5.74, 6) is 0.305. The summed E-state index contributed by atoms with van der Waals surface area (Å²) in [6, 6.07) is 29.7. The van der Waals surface area contributed by atoms with Crippen LogP contribution in [0, 0.1) is 12.0 Å². The van der Waals surface area contributed by atoms with E-state index in [0.29, 0.717) is 5.92 Å². The fraction of sp³-hybridized carbons (Fsp3) is 0.125. The van der Waals surface area contributed by atoms with Crippen LogP contribution in [0.25, 0.3) is 38.9 Å². The topological polar surface area (TPSA) is 80.9 Å². The molecule has 6 aromatic rings. The molecule has 3 aromatic carbocycles. The fourth-order valence-corrected chi connectivity index (χ4v) is 4.70. The molecule has 0 spiro atoms. The second kappa shape index (κ2) is 13.1. The number of aromatic nitrogens is 4. The van der Waals surface area contributed by atoms with Gasteiger partial charge in [0.05, 0.1) is 5.82 Å². The first-order valence-corrected chi connectivity index (χ1v) is 13.4. The van der Waals surface area contributed by atoms with Crippen molar-refractivity contribution in [1.82, 2.24) is 19.5 Å². The molecule has 3 aromatic heterocycles. The van der Waals surface area contributed by atoms with Gasteiger partial charge in [0, 0.05) is 54.4 Å². The minimum atomic E-state index is -1.01. The van der Waals surface area contributed by atoms with Gasteiger partial charge in [-0.2, -0.15) is 0 Å². The third-order valence-electron chi connectivity index (χ3n) is 6.16. The fourth-order valence-electron chi connectivity index (χ4n) is 4.47. The van der Waals surface area contributed by atoms with Crippen molar-refractivity contribution >= 4 is 43.7 Å². The van der Waals surface area contributed by atoms with Gasteiger partial charge >= 0.3 is 5.97 Å². The molecule has 0 saturated heterocycles. The predicted molar refractivity (Wildman–Crippen MR) is 158 cm³/mol. The standard InChI is InChI=1S/C26H22N3.C6H4BrNO2.Ir/c1-18(2)14-19-16-27-26(28-17-19)20-12-13-25-23(15-20)22-10-6-7-11-24(22)29(25)21-8-4-3-5-9-21;7-4-1-2-5(6(9)10)8-3-4;/h3-11,13,15-18H,14H2,1-2H3;1-3H,(H,9,10);/q-1;;. The third kappa shape index (κ3) is 6.53. The van der Waals surface area contributed by atoms with Gasteiger partial charge in [-0.1, -0.05) is 55.6 Å². The molecule has 0 saturated carbocycles. The smallest absolute Gasteiger partial charge is 0.354 e. The van der Waals surface area contributed by atoms with E-state index < -0.39 is 5.97 Å². The summed E-state index contributed by atoms with van der Waals surface area (Å²) in [4.78, 5) is 23.1. The molecule has 0 amide bonds. The Bertz CT molecular complexity index is 1740. The summed E-state index contributed by atoms with van der Waals surface area (Å²) in [5, 5.41) is 10.8. The maximum absolute atomic E-state index is 10.2. The molecule has 0 fully saturated rings. The number of aromatic carboxylic acids is 1. The van der Waals surface area contributed by atoms with E-state index >= 15 is 0 Å². The van der Waals surface area contributed by atoms with Crippen LogP contribution in [0.5, 0.6) is 0 Å². The van der Waals surface area contributed by atoms with Crippen molar-refractivity contribution in [1.29, 1.82) is 0 Å². The third-order valence-corrected chi connectivity index (χ3v) is 6.63. The van der Waals surface area contributed by atoms with Crippen molar-refractivity contribution < 1.29 is 30.0 Å². The van der Waals surface area contributed by atoms with E-state index in [1.807, 2.05) is 18.5 Å². The first-order chi connectivity index (χ1) is 18.9. The zero-order valence-corrected chi connectivity index (χ0v) is 25.9. The van der Waals surface area contributed by atoms with Crippen LogP contribution >= 0.6 is 15.9 Å². The Morgan fingerprint density at radius 3 is 2.25 bits per heavy atom. The van der Waals surface area contributed by atoms with Gasteiger partial charge in [0.2, 0.25) is 0 Å². The van der Waals surface area contributed by atoms with E-state index in [0.717, 1.165) is 33.5 Å². The molecule has 203 valence electrons. The molecular weight excluding hydrogens is 744 g/mol. The van der Waals surface area contributed by atoms with E-state index in [-0.39, 0.29) is 25.8 Å². The Hall–Kier alpha value is -3.71. The van der Waals surface area contributed by atoms with Gasteiger partial charge in [0.15, 0.2) is 0 Å². The molecule has 0 unspecified atom stereocenters. The number of halogens is 1. The summed E-state index contributed by atoms with van der Waals surface area (Å²) in [6.45, 7) is 4.41. The number of benzene rings is 3. The summed E-state index contributed by atoms with van der Waals surface area (Å²) < 4.78 is 3.06. The van der Waals surface area contributed by atoms with Crippen LogP contribution in [-0.4, -0.2) is 30.6 Å². The van der Waals surface area contributed by atoms with Gasteiger partial charge in [-0.3, -0.25) is 9.97 Å². The Morgan fingerprint density at radius 2 is 1.60 bits per heavy atom. The van der Waals surface area contributed by atoms with Gasteiger partial charge < -0.3 is 9.67 Å². The minimum absolute atomic E-state index is 0. The number of rotatable bonds is 5. The van der Waals surface area contributed by atoms with Crippen LogP contribution in [-0.2, 0) is 26.5 Å². The number of carboxylic acids is 1. The van der Waals surface area contributed by atoms with Gasteiger partial charge in [-0.05, 0) is 75.1 Å². The molecule has 0 atom stereocenters. The number of hydrogen-bond acceptors (Lipinski definition) is 4. The molecule has 6 rings (SSSR count). The Morgan fingerprint density at radius 1 is 0.900 bits per heavy atom. The average molecular weight is 771 g/mol. The van der Waals surface area contributed by atoms with Crippen LogP contribution in [0.4, 0.5) is 0 Å². The molecule has 6 nitrogen and oxygen atoms in total. The maximum atomic E-state index is 10.2. The number of pyridine rings is 1. The zero-order chi connectivity index (χ0) is 27.4. The van der Waals surface area contributed by atoms with Crippen molar-refractivity contribution in [2.45, 2.75) is 20.3 Å².